The molecule has 0 unspecified atom stereocenters. The van der Waals surface area contributed by atoms with Crippen LogP contribution in [0.1, 0.15) is 49.4 Å². The first-order valence-corrected chi connectivity index (χ1v) is 9.00. The Bertz CT molecular complexity index is 883. The van der Waals surface area contributed by atoms with Crippen molar-refractivity contribution in [2.45, 2.75) is 46.0 Å². The molecule has 0 aliphatic carbocycles. The predicted octanol–water partition coefficient (Wildman–Crippen LogP) is 2.84. The lowest BCUT2D eigenvalue weighted by atomic mass is 10.0. The van der Waals surface area contributed by atoms with Gasteiger partial charge in [0, 0.05) is 31.4 Å². The number of amides is 1. The third-order valence-corrected chi connectivity index (χ3v) is 4.10. The summed E-state index contributed by atoms with van der Waals surface area (Å²) in [5.74, 6) is 2.46. The van der Waals surface area contributed by atoms with Gasteiger partial charge in [-0.05, 0) is 18.4 Å². The summed E-state index contributed by atoms with van der Waals surface area (Å²) in [5, 5.41) is 10.5. The molecule has 0 saturated carbocycles. The Morgan fingerprint density at radius 2 is 1.74 bits per heavy atom. The maximum absolute atomic E-state index is 11.9. The summed E-state index contributed by atoms with van der Waals surface area (Å²) >= 11 is 0. The number of carbonyl (C=O) groups excluding carboxylic acids is 1. The third kappa shape index (κ3) is 5.22. The van der Waals surface area contributed by atoms with Crippen molar-refractivity contribution in [3.8, 4) is 11.4 Å². The second-order valence-electron chi connectivity index (χ2n) is 6.62. The van der Waals surface area contributed by atoms with Crippen LogP contribution in [0.25, 0.3) is 11.4 Å². The van der Waals surface area contributed by atoms with Gasteiger partial charge < -0.3 is 14.4 Å². The molecule has 2 heterocycles. The lowest BCUT2D eigenvalue weighted by Gasteiger charge is -2.04. The molecule has 0 saturated heterocycles. The van der Waals surface area contributed by atoms with Gasteiger partial charge in [-0.1, -0.05) is 48.4 Å². The average molecular weight is 369 g/mol. The number of aryl methyl sites for hydroxylation is 2. The Kier molecular flexibility index (Phi) is 5.95. The Morgan fingerprint density at radius 1 is 1.04 bits per heavy atom. The Balaban J connectivity index is 1.45. The van der Waals surface area contributed by atoms with E-state index in [1.165, 1.54) is 5.56 Å². The molecule has 1 aromatic carbocycles. The summed E-state index contributed by atoms with van der Waals surface area (Å²) in [4.78, 5) is 20.4. The van der Waals surface area contributed by atoms with Crippen LogP contribution in [-0.2, 0) is 17.6 Å². The standard InChI is InChI=1S/C19H23N5O3/c1-12(2)14-4-6-15(7-5-14)19-22-17(27-24-19)9-8-16(25)20-11-10-18-21-13(3)23-26-18/h4-7,12H,8-11H2,1-3H3,(H,20,25). The maximum Gasteiger partial charge on any atom is 0.228 e. The zero-order chi connectivity index (χ0) is 19.2. The van der Waals surface area contributed by atoms with Gasteiger partial charge in [0.2, 0.25) is 23.5 Å². The molecule has 2 aromatic heterocycles. The minimum absolute atomic E-state index is 0.0905. The summed E-state index contributed by atoms with van der Waals surface area (Å²) in [6.07, 6.45) is 1.17. The van der Waals surface area contributed by atoms with Crippen molar-refractivity contribution in [3.05, 3.63) is 47.4 Å². The van der Waals surface area contributed by atoms with Crippen LogP contribution in [0.4, 0.5) is 0 Å². The molecule has 1 N–H and O–H groups in total. The Morgan fingerprint density at radius 3 is 2.41 bits per heavy atom. The van der Waals surface area contributed by atoms with Crippen molar-refractivity contribution in [1.82, 2.24) is 25.6 Å². The molecule has 8 nitrogen and oxygen atoms in total. The van der Waals surface area contributed by atoms with Crippen LogP contribution in [0.15, 0.2) is 33.3 Å². The molecule has 0 aliphatic rings. The molecule has 8 heteroatoms. The normalized spacial score (nSPS) is 11.1. The fraction of sp³-hybridized carbons (Fsp3) is 0.421. The van der Waals surface area contributed by atoms with Crippen LogP contribution in [0, 0.1) is 6.92 Å². The van der Waals surface area contributed by atoms with Gasteiger partial charge in [-0.2, -0.15) is 9.97 Å². The zero-order valence-electron chi connectivity index (χ0n) is 15.7. The van der Waals surface area contributed by atoms with Crippen molar-refractivity contribution >= 4 is 5.91 Å². The van der Waals surface area contributed by atoms with Crippen molar-refractivity contribution in [3.63, 3.8) is 0 Å². The number of rotatable bonds is 8. The molecular formula is C19H23N5O3. The van der Waals surface area contributed by atoms with E-state index in [9.17, 15) is 4.79 Å². The van der Waals surface area contributed by atoms with E-state index in [-0.39, 0.29) is 12.3 Å². The summed E-state index contributed by atoms with van der Waals surface area (Å²) < 4.78 is 10.2. The number of carbonyl (C=O) groups is 1. The molecule has 0 atom stereocenters. The smallest absolute Gasteiger partial charge is 0.228 e. The van der Waals surface area contributed by atoms with Gasteiger partial charge in [-0.25, -0.2) is 0 Å². The molecule has 27 heavy (non-hydrogen) atoms. The summed E-state index contributed by atoms with van der Waals surface area (Å²) in [7, 11) is 0. The van der Waals surface area contributed by atoms with Crippen molar-refractivity contribution in [2.75, 3.05) is 6.54 Å². The first-order chi connectivity index (χ1) is 13.0. The van der Waals surface area contributed by atoms with Gasteiger partial charge in [0.1, 0.15) is 0 Å². The van der Waals surface area contributed by atoms with Crippen molar-refractivity contribution in [1.29, 1.82) is 0 Å². The number of nitrogens with zero attached hydrogens (tertiary/aromatic N) is 4. The fourth-order valence-corrected chi connectivity index (χ4v) is 2.55. The molecule has 3 rings (SSSR count). The van der Waals surface area contributed by atoms with E-state index in [0.717, 1.165) is 5.56 Å². The fourth-order valence-electron chi connectivity index (χ4n) is 2.55. The number of benzene rings is 1. The summed E-state index contributed by atoms with van der Waals surface area (Å²) in [5.41, 5.74) is 2.16. The highest BCUT2D eigenvalue weighted by Gasteiger charge is 2.11. The predicted molar refractivity (Wildman–Crippen MR) is 97.9 cm³/mol. The van der Waals surface area contributed by atoms with E-state index < -0.39 is 0 Å². The van der Waals surface area contributed by atoms with E-state index >= 15 is 0 Å². The minimum Gasteiger partial charge on any atom is -0.356 e. The zero-order valence-corrected chi connectivity index (χ0v) is 15.7. The van der Waals surface area contributed by atoms with E-state index in [4.69, 9.17) is 9.05 Å². The highest BCUT2D eigenvalue weighted by atomic mass is 16.5. The molecule has 0 spiro atoms. The van der Waals surface area contributed by atoms with E-state index in [1.54, 1.807) is 6.92 Å². The first-order valence-electron chi connectivity index (χ1n) is 9.00. The van der Waals surface area contributed by atoms with E-state index in [1.807, 2.05) is 12.1 Å². The molecule has 0 bridgehead atoms. The minimum atomic E-state index is -0.0905. The van der Waals surface area contributed by atoms with Gasteiger partial charge in [0.25, 0.3) is 0 Å². The topological polar surface area (TPSA) is 107 Å². The molecule has 0 fully saturated rings. The van der Waals surface area contributed by atoms with Crippen LogP contribution < -0.4 is 5.32 Å². The Labute approximate surface area is 157 Å². The first kappa shape index (κ1) is 18.8. The summed E-state index contributed by atoms with van der Waals surface area (Å²) in [6, 6.07) is 8.09. The Hall–Kier alpha value is -3.03. The maximum atomic E-state index is 11.9. The van der Waals surface area contributed by atoms with Gasteiger partial charge >= 0.3 is 0 Å². The monoisotopic (exact) mass is 369 g/mol. The van der Waals surface area contributed by atoms with Gasteiger partial charge in [-0.15, -0.1) is 0 Å². The molecular weight excluding hydrogens is 346 g/mol. The largest absolute Gasteiger partial charge is 0.356 e. The second kappa shape index (κ2) is 8.57. The van der Waals surface area contributed by atoms with Gasteiger partial charge in [0.05, 0.1) is 0 Å². The number of nitrogens with one attached hydrogen (secondary N) is 1. The van der Waals surface area contributed by atoms with Crippen LogP contribution in [-0.4, -0.2) is 32.7 Å². The molecule has 1 amide bonds. The molecule has 0 radical (unpaired) electrons. The number of hydrogen-bond donors (Lipinski definition) is 1. The summed E-state index contributed by atoms with van der Waals surface area (Å²) in [6.45, 7) is 6.49. The van der Waals surface area contributed by atoms with Crippen molar-refractivity contribution < 1.29 is 13.8 Å². The molecule has 3 aromatic rings. The highest BCUT2D eigenvalue weighted by molar-refractivity contribution is 5.76. The van der Waals surface area contributed by atoms with E-state index in [0.29, 0.717) is 48.7 Å². The molecule has 0 aliphatic heterocycles. The number of aromatic nitrogens is 4. The highest BCUT2D eigenvalue weighted by Crippen LogP contribution is 2.20. The van der Waals surface area contributed by atoms with Crippen LogP contribution in [0.3, 0.4) is 0 Å². The third-order valence-electron chi connectivity index (χ3n) is 4.10. The lowest BCUT2D eigenvalue weighted by molar-refractivity contribution is -0.121. The molecule has 142 valence electrons. The van der Waals surface area contributed by atoms with Crippen LogP contribution in [0.5, 0.6) is 0 Å². The van der Waals surface area contributed by atoms with Crippen LogP contribution in [0.2, 0.25) is 0 Å². The SMILES string of the molecule is Cc1noc(CCNC(=O)CCc2nc(-c3ccc(C(C)C)cc3)no2)n1. The quantitative estimate of drug-likeness (QED) is 0.650. The number of hydrogen-bond acceptors (Lipinski definition) is 7. The van der Waals surface area contributed by atoms with Crippen LogP contribution >= 0.6 is 0 Å². The average Bonchev–Trinajstić information content (AvgIpc) is 3.29. The van der Waals surface area contributed by atoms with Gasteiger partial charge in [-0.3, -0.25) is 4.79 Å². The van der Waals surface area contributed by atoms with Crippen molar-refractivity contribution in [2.24, 2.45) is 0 Å². The van der Waals surface area contributed by atoms with E-state index in [2.05, 4.69) is 51.6 Å². The van der Waals surface area contributed by atoms with Gasteiger partial charge in [0.15, 0.2) is 5.82 Å². The second-order valence-corrected chi connectivity index (χ2v) is 6.62. The lowest BCUT2D eigenvalue weighted by Crippen LogP contribution is -2.26.